The summed E-state index contributed by atoms with van der Waals surface area (Å²) in [6.07, 6.45) is 5.12. The zero-order valence-electron chi connectivity index (χ0n) is 10.6. The lowest BCUT2D eigenvalue weighted by atomic mass is 9.88. The molecule has 0 aliphatic heterocycles. The second-order valence-corrected chi connectivity index (χ2v) is 5.50. The summed E-state index contributed by atoms with van der Waals surface area (Å²) >= 11 is 0. The molecule has 90 valence electrons. The van der Waals surface area contributed by atoms with Crippen LogP contribution in [0, 0.1) is 11.3 Å². The summed E-state index contributed by atoms with van der Waals surface area (Å²) in [5, 5.41) is 9.43. The predicted molar refractivity (Wildman–Crippen MR) is 64.9 cm³/mol. The van der Waals surface area contributed by atoms with Crippen molar-refractivity contribution >= 4 is 0 Å². The van der Waals surface area contributed by atoms with E-state index < -0.39 is 0 Å². The molecule has 0 radical (unpaired) electrons. The molecule has 0 aromatic heterocycles. The van der Waals surface area contributed by atoms with E-state index in [1.54, 1.807) is 0 Å². The minimum Gasteiger partial charge on any atom is -0.396 e. The van der Waals surface area contributed by atoms with Gasteiger partial charge in [-0.25, -0.2) is 0 Å². The Morgan fingerprint density at radius 3 is 2.40 bits per heavy atom. The molecule has 0 amide bonds. The quantitative estimate of drug-likeness (QED) is 0.669. The van der Waals surface area contributed by atoms with Crippen LogP contribution >= 0.6 is 0 Å². The molecule has 2 nitrogen and oxygen atoms in total. The van der Waals surface area contributed by atoms with Gasteiger partial charge in [-0.05, 0) is 38.1 Å². The maximum atomic E-state index is 9.43. The monoisotopic (exact) mass is 213 g/mol. The van der Waals surface area contributed by atoms with Crippen LogP contribution in [0.15, 0.2) is 0 Å². The van der Waals surface area contributed by atoms with Gasteiger partial charge in [-0.1, -0.05) is 20.8 Å². The molecule has 0 aromatic rings. The molecule has 1 N–H and O–H groups in total. The van der Waals surface area contributed by atoms with E-state index in [-0.39, 0.29) is 5.41 Å². The van der Waals surface area contributed by atoms with E-state index in [1.807, 2.05) is 0 Å². The molecule has 1 atom stereocenters. The van der Waals surface area contributed by atoms with Gasteiger partial charge in [0.25, 0.3) is 0 Å². The second-order valence-electron chi connectivity index (χ2n) is 5.50. The van der Waals surface area contributed by atoms with Crippen LogP contribution in [-0.2, 0) is 0 Å². The third-order valence-corrected chi connectivity index (χ3v) is 3.59. The fraction of sp³-hybridized carbons (Fsp3) is 1.00. The molecule has 0 saturated heterocycles. The van der Waals surface area contributed by atoms with Crippen LogP contribution < -0.4 is 0 Å². The number of hydrogen-bond acceptors (Lipinski definition) is 2. The zero-order valence-corrected chi connectivity index (χ0v) is 10.6. The topological polar surface area (TPSA) is 23.5 Å². The fourth-order valence-electron chi connectivity index (χ4n) is 2.03. The smallest absolute Gasteiger partial charge is 0.0496 e. The number of nitrogens with zero attached hydrogens (tertiary/aromatic N) is 1. The molecule has 1 fully saturated rings. The first-order valence-electron chi connectivity index (χ1n) is 6.46. The Morgan fingerprint density at radius 2 is 2.00 bits per heavy atom. The van der Waals surface area contributed by atoms with Gasteiger partial charge in [0.1, 0.15) is 0 Å². The minimum atomic E-state index is 0.101. The molecular weight excluding hydrogens is 186 g/mol. The van der Waals surface area contributed by atoms with E-state index in [2.05, 4.69) is 25.7 Å². The Labute approximate surface area is 94.7 Å². The van der Waals surface area contributed by atoms with Gasteiger partial charge < -0.3 is 10.0 Å². The molecule has 0 spiro atoms. The van der Waals surface area contributed by atoms with Crippen LogP contribution in [0.2, 0.25) is 0 Å². The standard InChI is InChI=1S/C13H27NO/c1-4-8-14(9-12-6-7-12)10-13(3,5-2)11-15/h12,15H,4-11H2,1-3H3. The second kappa shape index (κ2) is 5.86. The van der Waals surface area contributed by atoms with E-state index in [0.717, 1.165) is 18.9 Å². The number of aliphatic hydroxyl groups is 1. The maximum Gasteiger partial charge on any atom is 0.0496 e. The SMILES string of the molecule is CCCN(CC1CC1)CC(C)(CC)CO. The van der Waals surface area contributed by atoms with E-state index in [1.165, 1.54) is 32.4 Å². The summed E-state index contributed by atoms with van der Waals surface area (Å²) in [5.74, 6) is 0.955. The average Bonchev–Trinajstić information content (AvgIpc) is 3.02. The molecule has 1 aliphatic carbocycles. The number of rotatable bonds is 8. The summed E-state index contributed by atoms with van der Waals surface area (Å²) in [5.41, 5.74) is 0.101. The van der Waals surface area contributed by atoms with Crippen molar-refractivity contribution in [2.75, 3.05) is 26.2 Å². The van der Waals surface area contributed by atoms with Crippen LogP contribution in [0.4, 0.5) is 0 Å². The van der Waals surface area contributed by atoms with Crippen LogP contribution in [-0.4, -0.2) is 36.2 Å². The van der Waals surface area contributed by atoms with Gasteiger partial charge in [0.2, 0.25) is 0 Å². The first-order valence-corrected chi connectivity index (χ1v) is 6.46. The summed E-state index contributed by atoms with van der Waals surface area (Å²) in [6.45, 7) is 10.4. The Kier molecular flexibility index (Phi) is 5.07. The summed E-state index contributed by atoms with van der Waals surface area (Å²) in [6, 6.07) is 0. The molecule has 0 heterocycles. The lowest BCUT2D eigenvalue weighted by molar-refractivity contribution is 0.0822. The van der Waals surface area contributed by atoms with Gasteiger partial charge >= 0.3 is 0 Å². The molecular formula is C13H27NO. The Balaban J connectivity index is 2.39. The summed E-state index contributed by atoms with van der Waals surface area (Å²) in [4.78, 5) is 2.55. The third kappa shape index (κ3) is 4.52. The largest absolute Gasteiger partial charge is 0.396 e. The highest BCUT2D eigenvalue weighted by atomic mass is 16.3. The van der Waals surface area contributed by atoms with Crippen molar-refractivity contribution in [1.82, 2.24) is 4.90 Å². The average molecular weight is 213 g/mol. The summed E-state index contributed by atoms with van der Waals surface area (Å²) < 4.78 is 0. The lowest BCUT2D eigenvalue weighted by Gasteiger charge is -2.33. The van der Waals surface area contributed by atoms with Crippen LogP contribution in [0.5, 0.6) is 0 Å². The van der Waals surface area contributed by atoms with Crippen molar-refractivity contribution in [2.45, 2.75) is 46.5 Å². The van der Waals surface area contributed by atoms with Crippen molar-refractivity contribution < 1.29 is 5.11 Å². The molecule has 1 aliphatic rings. The summed E-state index contributed by atoms with van der Waals surface area (Å²) in [7, 11) is 0. The van der Waals surface area contributed by atoms with Gasteiger partial charge in [0.15, 0.2) is 0 Å². The molecule has 1 saturated carbocycles. The van der Waals surface area contributed by atoms with Crippen LogP contribution in [0.25, 0.3) is 0 Å². The lowest BCUT2D eigenvalue weighted by Crippen LogP contribution is -2.39. The van der Waals surface area contributed by atoms with Gasteiger partial charge in [-0.2, -0.15) is 0 Å². The zero-order chi connectivity index (χ0) is 11.3. The van der Waals surface area contributed by atoms with Crippen molar-refractivity contribution in [3.8, 4) is 0 Å². The van der Waals surface area contributed by atoms with E-state index in [0.29, 0.717) is 6.61 Å². The maximum absolute atomic E-state index is 9.43. The van der Waals surface area contributed by atoms with Gasteiger partial charge in [0, 0.05) is 25.1 Å². The Hall–Kier alpha value is -0.0800. The van der Waals surface area contributed by atoms with Crippen molar-refractivity contribution in [3.05, 3.63) is 0 Å². The Morgan fingerprint density at radius 1 is 1.33 bits per heavy atom. The number of hydrogen-bond donors (Lipinski definition) is 1. The van der Waals surface area contributed by atoms with Crippen LogP contribution in [0.3, 0.4) is 0 Å². The van der Waals surface area contributed by atoms with Gasteiger partial charge in [-0.15, -0.1) is 0 Å². The van der Waals surface area contributed by atoms with Crippen LogP contribution in [0.1, 0.15) is 46.5 Å². The predicted octanol–water partition coefficient (Wildman–Crippen LogP) is 2.52. The van der Waals surface area contributed by atoms with Gasteiger partial charge in [-0.3, -0.25) is 0 Å². The van der Waals surface area contributed by atoms with E-state index in [9.17, 15) is 5.11 Å². The molecule has 15 heavy (non-hydrogen) atoms. The highest BCUT2D eigenvalue weighted by Gasteiger charge is 2.28. The van der Waals surface area contributed by atoms with Crippen molar-refractivity contribution in [2.24, 2.45) is 11.3 Å². The molecule has 0 bridgehead atoms. The Bertz CT molecular complexity index is 173. The minimum absolute atomic E-state index is 0.101. The highest BCUT2D eigenvalue weighted by Crippen LogP contribution is 2.31. The first-order chi connectivity index (χ1) is 7.13. The fourth-order valence-corrected chi connectivity index (χ4v) is 2.03. The normalized spacial score (nSPS) is 20.6. The molecule has 1 unspecified atom stereocenters. The highest BCUT2D eigenvalue weighted by molar-refractivity contribution is 4.81. The van der Waals surface area contributed by atoms with Crippen molar-refractivity contribution in [3.63, 3.8) is 0 Å². The number of aliphatic hydroxyl groups excluding tert-OH is 1. The molecule has 1 rings (SSSR count). The van der Waals surface area contributed by atoms with Crippen molar-refractivity contribution in [1.29, 1.82) is 0 Å². The van der Waals surface area contributed by atoms with Gasteiger partial charge in [0.05, 0.1) is 0 Å². The van der Waals surface area contributed by atoms with E-state index >= 15 is 0 Å². The molecule has 0 aromatic carbocycles. The third-order valence-electron chi connectivity index (χ3n) is 3.59. The molecule has 2 heteroatoms. The van der Waals surface area contributed by atoms with E-state index in [4.69, 9.17) is 0 Å². The first kappa shape index (κ1) is 13.0.